The summed E-state index contributed by atoms with van der Waals surface area (Å²) in [5.41, 5.74) is 1.50. The van der Waals surface area contributed by atoms with Crippen LogP contribution in [0.25, 0.3) is 10.2 Å². The fourth-order valence-corrected chi connectivity index (χ4v) is 4.51. The normalized spacial score (nSPS) is 14.7. The summed E-state index contributed by atoms with van der Waals surface area (Å²) in [4.78, 5) is 31.9. The summed E-state index contributed by atoms with van der Waals surface area (Å²) >= 11 is 1.45. The lowest BCUT2D eigenvalue weighted by Gasteiger charge is -2.31. The minimum atomic E-state index is -0.0747. The van der Waals surface area contributed by atoms with Gasteiger partial charge in [0, 0.05) is 24.6 Å². The smallest absolute Gasteiger partial charge is 0.253 e. The van der Waals surface area contributed by atoms with Crippen molar-refractivity contribution in [3.63, 3.8) is 0 Å². The number of rotatable bonds is 6. The number of Topliss-reactive ketones (excluding diaryl/α,β-unsaturated/α-hetero) is 1. The van der Waals surface area contributed by atoms with Gasteiger partial charge in [-0.15, -0.1) is 11.3 Å². The molecule has 0 N–H and O–H groups in total. The lowest BCUT2D eigenvalue weighted by molar-refractivity contribution is 0.0650. The van der Waals surface area contributed by atoms with Gasteiger partial charge in [-0.2, -0.15) is 0 Å². The second-order valence-electron chi connectivity index (χ2n) is 7.04. The molecule has 1 aliphatic heterocycles. The largest absolute Gasteiger partial charge is 0.490 e. The predicted octanol–water partition coefficient (Wildman–Crippen LogP) is 4.60. The maximum atomic E-state index is 12.9. The Balaban J connectivity index is 1.36. The van der Waals surface area contributed by atoms with Gasteiger partial charge in [-0.3, -0.25) is 9.59 Å². The van der Waals surface area contributed by atoms with Crippen molar-refractivity contribution in [3.05, 3.63) is 71.8 Å². The molecule has 29 heavy (non-hydrogen) atoms. The molecule has 1 amide bonds. The number of amides is 1. The average molecular weight is 407 g/mol. The van der Waals surface area contributed by atoms with Crippen LogP contribution in [0, 0.1) is 5.92 Å². The summed E-state index contributed by atoms with van der Waals surface area (Å²) in [7, 11) is 0. The fourth-order valence-electron chi connectivity index (χ4n) is 3.53. The third-order valence-electron chi connectivity index (χ3n) is 5.13. The molecule has 0 atom stereocenters. The molecular weight excluding hydrogens is 384 g/mol. The lowest BCUT2D eigenvalue weighted by Crippen LogP contribution is -2.40. The van der Waals surface area contributed by atoms with Crippen molar-refractivity contribution in [1.82, 2.24) is 9.88 Å². The van der Waals surface area contributed by atoms with Crippen LogP contribution in [-0.2, 0) is 0 Å². The van der Waals surface area contributed by atoms with Crippen LogP contribution >= 0.6 is 11.3 Å². The number of carbonyl (C=O) groups excluding carboxylic acids is 2. The van der Waals surface area contributed by atoms with Crippen molar-refractivity contribution in [2.45, 2.75) is 12.8 Å². The van der Waals surface area contributed by atoms with E-state index in [0.717, 1.165) is 10.2 Å². The van der Waals surface area contributed by atoms with Crippen LogP contribution in [0.3, 0.4) is 0 Å². The quantitative estimate of drug-likeness (QED) is 0.444. The Morgan fingerprint density at radius 2 is 1.86 bits per heavy atom. The Morgan fingerprint density at radius 1 is 1.14 bits per heavy atom. The van der Waals surface area contributed by atoms with Crippen LogP contribution in [0.4, 0.5) is 0 Å². The summed E-state index contributed by atoms with van der Waals surface area (Å²) in [6.45, 7) is 5.21. The molecule has 1 aliphatic rings. The fraction of sp³-hybridized carbons (Fsp3) is 0.261. The highest BCUT2D eigenvalue weighted by Crippen LogP contribution is 2.28. The molecule has 148 valence electrons. The molecule has 0 unspecified atom stereocenters. The second-order valence-corrected chi connectivity index (χ2v) is 8.07. The Hall–Kier alpha value is -2.99. The first kappa shape index (κ1) is 19.3. The van der Waals surface area contributed by atoms with Gasteiger partial charge in [0.25, 0.3) is 5.91 Å². The number of ether oxygens (including phenoxy) is 1. The Morgan fingerprint density at radius 3 is 2.55 bits per heavy atom. The van der Waals surface area contributed by atoms with E-state index in [1.165, 1.54) is 11.3 Å². The standard InChI is InChI=1S/C23H22N2O3S/c1-2-15-28-18-9-7-17(8-10-18)23(27)25-13-11-16(12-14-25)21(26)22-24-19-5-3-4-6-20(19)29-22/h2-10,16H,1,11-15H2. The zero-order chi connectivity index (χ0) is 20.2. The number of hydrogen-bond acceptors (Lipinski definition) is 5. The van der Waals surface area contributed by atoms with Gasteiger partial charge in [0.2, 0.25) is 0 Å². The van der Waals surface area contributed by atoms with Crippen LogP contribution in [0.15, 0.2) is 61.2 Å². The third-order valence-corrected chi connectivity index (χ3v) is 6.18. The number of nitrogens with zero attached hydrogens (tertiary/aromatic N) is 2. The molecule has 0 aliphatic carbocycles. The molecule has 1 fully saturated rings. The Bertz CT molecular complexity index is 1000. The highest BCUT2D eigenvalue weighted by molar-refractivity contribution is 7.20. The van der Waals surface area contributed by atoms with E-state index in [-0.39, 0.29) is 17.6 Å². The Kier molecular flexibility index (Phi) is 5.71. The molecule has 0 radical (unpaired) electrons. The van der Waals surface area contributed by atoms with Crippen molar-refractivity contribution in [2.24, 2.45) is 5.92 Å². The van der Waals surface area contributed by atoms with Crippen LogP contribution < -0.4 is 4.74 Å². The number of piperidine rings is 1. The van der Waals surface area contributed by atoms with Crippen LogP contribution in [0.1, 0.15) is 33.0 Å². The summed E-state index contributed by atoms with van der Waals surface area (Å²) in [5, 5.41) is 0.575. The van der Waals surface area contributed by atoms with E-state index in [1.54, 1.807) is 30.3 Å². The van der Waals surface area contributed by atoms with Gasteiger partial charge in [0.05, 0.1) is 10.2 Å². The van der Waals surface area contributed by atoms with Gasteiger partial charge in [-0.05, 0) is 49.2 Å². The van der Waals surface area contributed by atoms with E-state index in [2.05, 4.69) is 11.6 Å². The van der Waals surface area contributed by atoms with Crippen molar-refractivity contribution >= 4 is 33.2 Å². The van der Waals surface area contributed by atoms with Gasteiger partial charge >= 0.3 is 0 Å². The van der Waals surface area contributed by atoms with Crippen molar-refractivity contribution in [1.29, 1.82) is 0 Å². The number of likely N-dealkylation sites (tertiary alicyclic amines) is 1. The zero-order valence-corrected chi connectivity index (χ0v) is 16.9. The Labute approximate surface area is 173 Å². The third kappa shape index (κ3) is 4.22. The number of carbonyl (C=O) groups is 2. The molecule has 1 aromatic heterocycles. The summed E-state index contributed by atoms with van der Waals surface area (Å²) in [6, 6.07) is 14.9. The minimum Gasteiger partial charge on any atom is -0.490 e. The van der Waals surface area contributed by atoms with Crippen molar-refractivity contribution in [3.8, 4) is 5.75 Å². The topological polar surface area (TPSA) is 59.5 Å². The molecule has 6 heteroatoms. The maximum Gasteiger partial charge on any atom is 0.253 e. The first-order valence-corrected chi connectivity index (χ1v) is 10.5. The molecule has 1 saturated heterocycles. The van der Waals surface area contributed by atoms with Crippen LogP contribution in [0.2, 0.25) is 0 Å². The first-order valence-electron chi connectivity index (χ1n) is 9.68. The number of hydrogen-bond donors (Lipinski definition) is 0. The molecule has 0 bridgehead atoms. The highest BCUT2D eigenvalue weighted by atomic mass is 32.1. The van der Waals surface area contributed by atoms with Crippen molar-refractivity contribution in [2.75, 3.05) is 19.7 Å². The second kappa shape index (κ2) is 8.57. The monoisotopic (exact) mass is 406 g/mol. The van der Waals surface area contributed by atoms with Crippen LogP contribution in [-0.4, -0.2) is 41.3 Å². The molecule has 0 saturated carbocycles. The predicted molar refractivity (Wildman–Crippen MR) is 115 cm³/mol. The van der Waals surface area contributed by atoms with Gasteiger partial charge in [0.15, 0.2) is 10.8 Å². The summed E-state index contributed by atoms with van der Waals surface area (Å²) in [6.07, 6.45) is 3.01. The molecular formula is C23H22N2O3S. The summed E-state index contributed by atoms with van der Waals surface area (Å²) < 4.78 is 6.49. The molecule has 5 nitrogen and oxygen atoms in total. The number of para-hydroxylation sites is 1. The van der Waals surface area contributed by atoms with E-state index >= 15 is 0 Å². The van der Waals surface area contributed by atoms with Crippen LogP contribution in [0.5, 0.6) is 5.75 Å². The van der Waals surface area contributed by atoms with E-state index in [4.69, 9.17) is 4.74 Å². The highest BCUT2D eigenvalue weighted by Gasteiger charge is 2.30. The molecule has 4 rings (SSSR count). The first-order chi connectivity index (χ1) is 14.2. The number of fused-ring (bicyclic) bond motifs is 1. The number of aromatic nitrogens is 1. The van der Waals surface area contributed by atoms with Gasteiger partial charge in [0.1, 0.15) is 12.4 Å². The number of ketones is 1. The minimum absolute atomic E-state index is 0.00819. The van der Waals surface area contributed by atoms with Gasteiger partial charge < -0.3 is 9.64 Å². The van der Waals surface area contributed by atoms with E-state index in [1.807, 2.05) is 29.2 Å². The molecule has 2 aromatic carbocycles. The maximum absolute atomic E-state index is 12.9. The van der Waals surface area contributed by atoms with E-state index in [0.29, 0.717) is 48.9 Å². The number of thiazole rings is 1. The molecule has 3 aromatic rings. The summed E-state index contributed by atoms with van der Waals surface area (Å²) in [5.74, 6) is 0.726. The zero-order valence-electron chi connectivity index (χ0n) is 16.0. The molecule has 0 spiro atoms. The van der Waals surface area contributed by atoms with Crippen molar-refractivity contribution < 1.29 is 14.3 Å². The molecule has 2 heterocycles. The SMILES string of the molecule is C=CCOc1ccc(C(=O)N2CCC(C(=O)c3nc4ccccc4s3)CC2)cc1. The lowest BCUT2D eigenvalue weighted by atomic mass is 9.92. The average Bonchev–Trinajstić information content (AvgIpc) is 3.21. The van der Waals surface area contributed by atoms with E-state index in [9.17, 15) is 9.59 Å². The van der Waals surface area contributed by atoms with Gasteiger partial charge in [-0.1, -0.05) is 24.8 Å². The number of benzene rings is 2. The van der Waals surface area contributed by atoms with Gasteiger partial charge in [-0.25, -0.2) is 4.98 Å². The van der Waals surface area contributed by atoms with E-state index < -0.39 is 0 Å².